The largest absolute Gasteiger partial charge is 0.446 e. The molecule has 0 spiro atoms. The van der Waals surface area contributed by atoms with Gasteiger partial charge >= 0.3 is 5.97 Å². The maximum atomic E-state index is 11.2. The van der Waals surface area contributed by atoms with Crippen LogP contribution in [0.15, 0.2) is 24.5 Å². The van der Waals surface area contributed by atoms with Gasteiger partial charge in [-0.15, -0.1) is 0 Å². The molecule has 1 aromatic rings. The summed E-state index contributed by atoms with van der Waals surface area (Å²) in [5.74, 6) is 6.16. The molecule has 1 unspecified atom stereocenters. The molecule has 0 amide bonds. The maximum Gasteiger partial charge on any atom is 0.304 e. The molecule has 23 heavy (non-hydrogen) atoms. The van der Waals surface area contributed by atoms with Crippen LogP contribution in [0, 0.1) is 11.8 Å². The number of esters is 1. The lowest BCUT2D eigenvalue weighted by molar-refractivity contribution is -0.930. The third-order valence-electron chi connectivity index (χ3n) is 4.53. The van der Waals surface area contributed by atoms with E-state index in [0.29, 0.717) is 12.5 Å². The number of likely N-dealkylation sites (tertiary alicyclic amines) is 1. The summed E-state index contributed by atoms with van der Waals surface area (Å²) in [6, 6.07) is 4.63. The summed E-state index contributed by atoms with van der Waals surface area (Å²) in [6.45, 7) is 7.21. The van der Waals surface area contributed by atoms with E-state index in [1.807, 2.05) is 32.3 Å². The molecule has 2 rings (SSSR count). The van der Waals surface area contributed by atoms with Crippen molar-refractivity contribution in [3.05, 3.63) is 30.1 Å². The lowest BCUT2D eigenvalue weighted by atomic mass is 9.96. The third kappa shape index (κ3) is 5.07. The molecule has 3 atom stereocenters. The van der Waals surface area contributed by atoms with Crippen molar-refractivity contribution in [3.8, 4) is 11.8 Å². The van der Waals surface area contributed by atoms with Gasteiger partial charge in [0.25, 0.3) is 0 Å². The number of ether oxygens (including phenoxy) is 1. The second-order valence-electron chi connectivity index (χ2n) is 6.40. The fraction of sp³-hybridized carbons (Fsp3) is 0.579. The van der Waals surface area contributed by atoms with E-state index in [1.54, 1.807) is 0 Å². The van der Waals surface area contributed by atoms with Crippen molar-refractivity contribution < 1.29 is 14.4 Å². The number of nitrogens with one attached hydrogen (secondary N) is 1. The molecule has 124 valence electrons. The van der Waals surface area contributed by atoms with Gasteiger partial charge in [-0.05, 0) is 44.1 Å². The first kappa shape index (κ1) is 17.5. The molecule has 1 fully saturated rings. The van der Waals surface area contributed by atoms with Gasteiger partial charge in [-0.1, -0.05) is 13.0 Å². The molecule has 1 N–H and O–H groups in total. The first-order valence-electron chi connectivity index (χ1n) is 8.48. The number of aromatic nitrogens is 1. The summed E-state index contributed by atoms with van der Waals surface area (Å²) >= 11 is 0. The molecule has 0 bridgehead atoms. The zero-order valence-corrected chi connectivity index (χ0v) is 14.4. The molecular weight excluding hydrogens is 288 g/mol. The molecule has 1 aliphatic rings. The number of carbonyl (C=O) groups is 1. The van der Waals surface area contributed by atoms with Crippen molar-refractivity contribution in [1.82, 2.24) is 4.98 Å². The third-order valence-corrected chi connectivity index (χ3v) is 4.53. The zero-order valence-electron chi connectivity index (χ0n) is 14.4. The number of hydrogen-bond donors (Lipinski definition) is 1. The quantitative estimate of drug-likeness (QED) is 0.682. The summed E-state index contributed by atoms with van der Waals surface area (Å²) in [5, 5.41) is 0. The number of rotatable bonds is 4. The van der Waals surface area contributed by atoms with E-state index in [0.717, 1.165) is 13.1 Å². The maximum absolute atomic E-state index is 11.2. The smallest absolute Gasteiger partial charge is 0.304 e. The Balaban J connectivity index is 2.06. The van der Waals surface area contributed by atoms with E-state index in [9.17, 15) is 4.79 Å². The Morgan fingerprint density at radius 3 is 3.00 bits per heavy atom. The molecule has 0 saturated carbocycles. The average Bonchev–Trinajstić information content (AvgIpc) is 2.55. The molecular formula is C19H27N2O2+. The molecule has 4 heteroatoms. The predicted molar refractivity (Wildman–Crippen MR) is 89.8 cm³/mol. The van der Waals surface area contributed by atoms with Gasteiger partial charge < -0.3 is 9.64 Å². The van der Waals surface area contributed by atoms with Crippen LogP contribution in [0.4, 0.5) is 0 Å². The highest BCUT2D eigenvalue weighted by Crippen LogP contribution is 2.18. The van der Waals surface area contributed by atoms with Gasteiger partial charge in [-0.3, -0.25) is 9.78 Å². The number of nitrogens with zero attached hydrogens (tertiary/aromatic N) is 1. The normalized spacial score (nSPS) is 23.3. The Morgan fingerprint density at radius 1 is 1.52 bits per heavy atom. The molecule has 0 radical (unpaired) electrons. The highest BCUT2D eigenvalue weighted by atomic mass is 16.6. The number of pyridine rings is 1. The van der Waals surface area contributed by atoms with Gasteiger partial charge in [-0.25, -0.2) is 0 Å². The van der Waals surface area contributed by atoms with Gasteiger partial charge in [0.15, 0.2) is 5.60 Å². The molecule has 2 heterocycles. The molecule has 4 nitrogen and oxygen atoms in total. The van der Waals surface area contributed by atoms with Gasteiger partial charge in [0, 0.05) is 31.3 Å². The average molecular weight is 315 g/mol. The zero-order chi connectivity index (χ0) is 16.7. The topological polar surface area (TPSA) is 43.6 Å². The summed E-state index contributed by atoms with van der Waals surface area (Å²) < 4.78 is 5.36. The van der Waals surface area contributed by atoms with Crippen molar-refractivity contribution >= 4 is 5.97 Å². The van der Waals surface area contributed by atoms with Crippen molar-refractivity contribution in [2.75, 3.05) is 13.1 Å². The first-order chi connectivity index (χ1) is 11.0. The van der Waals surface area contributed by atoms with Crippen molar-refractivity contribution in [3.63, 3.8) is 0 Å². The van der Waals surface area contributed by atoms with Crippen LogP contribution in [0.1, 0.15) is 58.1 Å². The second kappa shape index (κ2) is 8.12. The van der Waals surface area contributed by atoms with Crippen LogP contribution in [0.2, 0.25) is 0 Å². The van der Waals surface area contributed by atoms with E-state index >= 15 is 0 Å². The predicted octanol–water partition coefficient (Wildman–Crippen LogP) is 1.93. The molecule has 1 aliphatic heterocycles. The lowest BCUT2D eigenvalue weighted by Crippen LogP contribution is -3.13. The molecule has 1 aromatic heterocycles. The minimum absolute atomic E-state index is 0.276. The van der Waals surface area contributed by atoms with E-state index in [4.69, 9.17) is 4.74 Å². The Kier molecular flexibility index (Phi) is 6.18. The second-order valence-corrected chi connectivity index (χ2v) is 6.40. The highest BCUT2D eigenvalue weighted by molar-refractivity contribution is 5.67. The number of hydrogen-bond acceptors (Lipinski definition) is 3. The van der Waals surface area contributed by atoms with Crippen LogP contribution in [0.5, 0.6) is 0 Å². The lowest BCUT2D eigenvalue weighted by Gasteiger charge is -2.31. The molecule has 0 aromatic carbocycles. The van der Waals surface area contributed by atoms with Crippen LogP contribution in [0.3, 0.4) is 0 Å². The van der Waals surface area contributed by atoms with E-state index in [-0.39, 0.29) is 5.97 Å². The highest BCUT2D eigenvalue weighted by Gasteiger charge is 2.27. The number of quaternary nitrogens is 1. The minimum atomic E-state index is -0.676. The number of carbonyl (C=O) groups excluding carboxylic acids is 1. The van der Waals surface area contributed by atoms with Crippen LogP contribution >= 0.6 is 0 Å². The first-order valence-corrected chi connectivity index (χ1v) is 8.48. The summed E-state index contributed by atoms with van der Waals surface area (Å²) in [4.78, 5) is 17.0. The Labute approximate surface area is 139 Å². The van der Waals surface area contributed by atoms with Crippen LogP contribution in [0.25, 0.3) is 0 Å². The summed E-state index contributed by atoms with van der Waals surface area (Å²) in [6.07, 6.45) is 8.16. The van der Waals surface area contributed by atoms with E-state index in [1.165, 1.54) is 36.6 Å². The summed E-state index contributed by atoms with van der Waals surface area (Å²) in [5.41, 5.74) is 0.618. The Morgan fingerprint density at radius 2 is 2.35 bits per heavy atom. The van der Waals surface area contributed by atoms with Gasteiger partial charge in [0.05, 0.1) is 6.54 Å². The van der Waals surface area contributed by atoms with Crippen LogP contribution < -0.4 is 4.90 Å². The molecule has 0 aliphatic carbocycles. The monoisotopic (exact) mass is 315 g/mol. The minimum Gasteiger partial charge on any atom is -0.446 e. The molecule has 1 saturated heterocycles. The fourth-order valence-electron chi connectivity index (χ4n) is 3.12. The van der Waals surface area contributed by atoms with Crippen LogP contribution in [-0.4, -0.2) is 29.6 Å². The Bertz CT molecular complexity index is 576. The van der Waals surface area contributed by atoms with Crippen molar-refractivity contribution in [2.45, 2.75) is 58.1 Å². The standard InChI is InChI=1S/C19H26N2O2/c1-4-19(3,23-16(2)22)11-8-14-21-13-6-5-10-18(21)17-9-7-12-20-15-17/h7,9,12,15,18H,4-6,10,13-14H2,1-3H3/p+1/t18-,19+/m0/s1. The van der Waals surface area contributed by atoms with Gasteiger partial charge in [0.2, 0.25) is 0 Å². The van der Waals surface area contributed by atoms with Crippen molar-refractivity contribution in [1.29, 1.82) is 0 Å². The van der Waals surface area contributed by atoms with Gasteiger partial charge in [0.1, 0.15) is 12.6 Å². The van der Waals surface area contributed by atoms with Crippen molar-refractivity contribution in [2.24, 2.45) is 0 Å². The van der Waals surface area contributed by atoms with E-state index < -0.39 is 5.60 Å². The number of piperidine rings is 1. The summed E-state index contributed by atoms with van der Waals surface area (Å²) in [7, 11) is 0. The van der Waals surface area contributed by atoms with E-state index in [2.05, 4.69) is 22.9 Å². The fourth-order valence-corrected chi connectivity index (χ4v) is 3.12. The van der Waals surface area contributed by atoms with Crippen LogP contribution in [-0.2, 0) is 9.53 Å². The van der Waals surface area contributed by atoms with Gasteiger partial charge in [-0.2, -0.15) is 0 Å². The Hall–Kier alpha value is -1.86. The SMILES string of the molecule is CC[C@](C)(C#CC[NH+]1CCCC[C@H]1c1cccnc1)OC(C)=O.